The molecule has 0 fully saturated rings. The van der Waals surface area contributed by atoms with Crippen molar-refractivity contribution < 1.29 is 9.53 Å². The van der Waals surface area contributed by atoms with Crippen LogP contribution in [0.15, 0.2) is 24.3 Å². The van der Waals surface area contributed by atoms with E-state index in [4.69, 9.17) is 4.74 Å². The second kappa shape index (κ2) is 7.01. The van der Waals surface area contributed by atoms with Crippen LogP contribution in [0.1, 0.15) is 25.5 Å². The minimum atomic E-state index is 0.0790. The zero-order chi connectivity index (χ0) is 13.5. The third kappa shape index (κ3) is 3.74. The van der Waals surface area contributed by atoms with Gasteiger partial charge in [-0.05, 0) is 19.9 Å². The number of rotatable bonds is 6. The minimum Gasteiger partial charge on any atom is -0.496 e. The maximum absolute atomic E-state index is 11.7. The molecule has 0 saturated heterocycles. The van der Waals surface area contributed by atoms with Crippen LogP contribution in [0.4, 0.5) is 0 Å². The Bertz CT molecular complexity index is 393. The summed E-state index contributed by atoms with van der Waals surface area (Å²) in [5.74, 6) is 0.938. The lowest BCUT2D eigenvalue weighted by molar-refractivity contribution is -0.128. The van der Waals surface area contributed by atoms with Crippen LogP contribution in [0.3, 0.4) is 0 Å². The predicted molar refractivity (Wildman–Crippen MR) is 72.7 cm³/mol. The zero-order valence-electron chi connectivity index (χ0n) is 11.6. The van der Waals surface area contributed by atoms with Crippen molar-refractivity contribution >= 4 is 5.91 Å². The molecule has 1 aromatic rings. The van der Waals surface area contributed by atoms with Crippen LogP contribution < -0.4 is 10.1 Å². The Balaban J connectivity index is 2.60. The van der Waals surface area contributed by atoms with E-state index >= 15 is 0 Å². The molecule has 0 saturated carbocycles. The topological polar surface area (TPSA) is 41.6 Å². The first kappa shape index (κ1) is 14.5. The SMILES string of the molecule is CCN(C)C(=O)CN[C@H](C)c1ccccc1OC. The third-order valence-corrected chi connectivity index (χ3v) is 3.07. The highest BCUT2D eigenvalue weighted by atomic mass is 16.5. The molecule has 0 unspecified atom stereocenters. The first-order valence-corrected chi connectivity index (χ1v) is 6.20. The van der Waals surface area contributed by atoms with E-state index < -0.39 is 0 Å². The van der Waals surface area contributed by atoms with Crippen molar-refractivity contribution in [2.24, 2.45) is 0 Å². The largest absolute Gasteiger partial charge is 0.496 e. The Morgan fingerprint density at radius 2 is 2.11 bits per heavy atom. The quantitative estimate of drug-likeness (QED) is 0.837. The van der Waals surface area contributed by atoms with Gasteiger partial charge in [-0.15, -0.1) is 0 Å². The summed E-state index contributed by atoms with van der Waals surface area (Å²) in [5.41, 5.74) is 1.06. The van der Waals surface area contributed by atoms with Crippen LogP contribution in [-0.4, -0.2) is 38.1 Å². The summed E-state index contributed by atoms with van der Waals surface area (Å²) in [7, 11) is 3.46. The lowest BCUT2D eigenvalue weighted by atomic mass is 10.1. The number of benzene rings is 1. The van der Waals surface area contributed by atoms with Crippen LogP contribution in [0.5, 0.6) is 5.75 Å². The minimum absolute atomic E-state index is 0.0790. The first-order chi connectivity index (χ1) is 8.60. The summed E-state index contributed by atoms with van der Waals surface area (Å²) >= 11 is 0. The molecule has 0 aliphatic rings. The standard InChI is InChI=1S/C14H22N2O2/c1-5-16(3)14(17)10-15-11(2)12-8-6-7-9-13(12)18-4/h6-9,11,15H,5,10H2,1-4H3/t11-/m1/s1. The van der Waals surface area contributed by atoms with Gasteiger partial charge in [0.05, 0.1) is 13.7 Å². The molecule has 0 spiro atoms. The Labute approximate surface area is 109 Å². The fourth-order valence-corrected chi connectivity index (χ4v) is 1.69. The molecule has 100 valence electrons. The average Bonchev–Trinajstić information content (AvgIpc) is 2.43. The van der Waals surface area contributed by atoms with Crippen molar-refractivity contribution in [3.63, 3.8) is 0 Å². The number of amides is 1. The van der Waals surface area contributed by atoms with Crippen LogP contribution in [-0.2, 0) is 4.79 Å². The van der Waals surface area contributed by atoms with E-state index in [-0.39, 0.29) is 11.9 Å². The summed E-state index contributed by atoms with van der Waals surface area (Å²) < 4.78 is 5.31. The van der Waals surface area contributed by atoms with E-state index in [0.29, 0.717) is 6.54 Å². The fraction of sp³-hybridized carbons (Fsp3) is 0.500. The molecule has 1 amide bonds. The smallest absolute Gasteiger partial charge is 0.236 e. The molecule has 18 heavy (non-hydrogen) atoms. The van der Waals surface area contributed by atoms with Crippen molar-refractivity contribution in [1.82, 2.24) is 10.2 Å². The lowest BCUT2D eigenvalue weighted by Crippen LogP contribution is -2.36. The maximum atomic E-state index is 11.7. The van der Waals surface area contributed by atoms with Gasteiger partial charge in [0.1, 0.15) is 5.75 Å². The summed E-state index contributed by atoms with van der Waals surface area (Å²) in [6.07, 6.45) is 0. The van der Waals surface area contributed by atoms with Gasteiger partial charge in [-0.1, -0.05) is 18.2 Å². The monoisotopic (exact) mass is 250 g/mol. The highest BCUT2D eigenvalue weighted by Crippen LogP contribution is 2.23. The number of hydrogen-bond acceptors (Lipinski definition) is 3. The van der Waals surface area contributed by atoms with Gasteiger partial charge in [0.25, 0.3) is 0 Å². The number of carbonyl (C=O) groups excluding carboxylic acids is 1. The second-order valence-electron chi connectivity index (χ2n) is 4.25. The van der Waals surface area contributed by atoms with Crippen molar-refractivity contribution in [2.45, 2.75) is 19.9 Å². The van der Waals surface area contributed by atoms with Gasteiger partial charge in [0, 0.05) is 25.2 Å². The maximum Gasteiger partial charge on any atom is 0.236 e. The molecule has 0 heterocycles. The highest BCUT2D eigenvalue weighted by molar-refractivity contribution is 5.77. The summed E-state index contributed by atoms with van der Waals surface area (Å²) in [5, 5.41) is 3.22. The summed E-state index contributed by atoms with van der Waals surface area (Å²) in [4.78, 5) is 13.4. The Morgan fingerprint density at radius 1 is 1.44 bits per heavy atom. The molecule has 0 radical (unpaired) electrons. The number of nitrogens with one attached hydrogen (secondary N) is 1. The van der Waals surface area contributed by atoms with Gasteiger partial charge >= 0.3 is 0 Å². The van der Waals surface area contributed by atoms with Crippen molar-refractivity contribution in [3.05, 3.63) is 29.8 Å². The molecule has 0 aromatic heterocycles. The molecule has 1 atom stereocenters. The predicted octanol–water partition coefficient (Wildman–Crippen LogP) is 1.82. The van der Waals surface area contributed by atoms with E-state index in [1.54, 1.807) is 19.1 Å². The van der Waals surface area contributed by atoms with E-state index in [2.05, 4.69) is 5.32 Å². The van der Waals surface area contributed by atoms with Crippen LogP contribution in [0.25, 0.3) is 0 Å². The summed E-state index contributed by atoms with van der Waals surface area (Å²) in [6, 6.07) is 7.91. The third-order valence-electron chi connectivity index (χ3n) is 3.07. The second-order valence-corrected chi connectivity index (χ2v) is 4.25. The summed E-state index contributed by atoms with van der Waals surface area (Å²) in [6.45, 7) is 5.05. The van der Waals surface area contributed by atoms with E-state index in [1.165, 1.54) is 0 Å². The fourth-order valence-electron chi connectivity index (χ4n) is 1.69. The number of ether oxygens (including phenoxy) is 1. The molecule has 1 aromatic carbocycles. The highest BCUT2D eigenvalue weighted by Gasteiger charge is 2.13. The number of para-hydroxylation sites is 1. The Hall–Kier alpha value is -1.55. The molecular formula is C14H22N2O2. The van der Waals surface area contributed by atoms with Crippen LogP contribution >= 0.6 is 0 Å². The number of nitrogens with zero attached hydrogens (tertiary/aromatic N) is 1. The number of hydrogen-bond donors (Lipinski definition) is 1. The van der Waals surface area contributed by atoms with Gasteiger partial charge in [-0.2, -0.15) is 0 Å². The first-order valence-electron chi connectivity index (χ1n) is 6.20. The number of likely N-dealkylation sites (N-methyl/N-ethyl adjacent to an activating group) is 1. The molecule has 1 N–H and O–H groups in total. The molecule has 0 aliphatic heterocycles. The van der Waals surface area contributed by atoms with Gasteiger partial charge in [-0.3, -0.25) is 4.79 Å². The zero-order valence-corrected chi connectivity index (χ0v) is 11.6. The normalized spacial score (nSPS) is 12.0. The van der Waals surface area contributed by atoms with Crippen LogP contribution in [0, 0.1) is 0 Å². The van der Waals surface area contributed by atoms with Crippen LogP contribution in [0.2, 0.25) is 0 Å². The van der Waals surface area contributed by atoms with Crippen molar-refractivity contribution in [1.29, 1.82) is 0 Å². The van der Waals surface area contributed by atoms with Gasteiger partial charge < -0.3 is 15.0 Å². The van der Waals surface area contributed by atoms with Gasteiger partial charge in [-0.25, -0.2) is 0 Å². The Morgan fingerprint density at radius 3 is 2.72 bits per heavy atom. The van der Waals surface area contributed by atoms with Crippen molar-refractivity contribution in [3.8, 4) is 5.75 Å². The van der Waals surface area contributed by atoms with Gasteiger partial charge in [0.15, 0.2) is 0 Å². The molecule has 1 rings (SSSR count). The number of methoxy groups -OCH3 is 1. The molecule has 4 heteroatoms. The van der Waals surface area contributed by atoms with Crippen molar-refractivity contribution in [2.75, 3.05) is 27.2 Å². The van der Waals surface area contributed by atoms with E-state index in [0.717, 1.165) is 17.9 Å². The molecule has 0 bridgehead atoms. The van der Waals surface area contributed by atoms with Gasteiger partial charge in [0.2, 0.25) is 5.91 Å². The van der Waals surface area contributed by atoms with E-state index in [9.17, 15) is 4.79 Å². The molecule has 0 aliphatic carbocycles. The number of carbonyl (C=O) groups is 1. The Kier molecular flexibility index (Phi) is 5.65. The molecular weight excluding hydrogens is 228 g/mol. The average molecular weight is 250 g/mol. The lowest BCUT2D eigenvalue weighted by Gasteiger charge is -2.19. The van der Waals surface area contributed by atoms with E-state index in [1.807, 2.05) is 38.1 Å². The molecule has 4 nitrogen and oxygen atoms in total.